The molecule has 1 atom stereocenters. The Hall–Kier alpha value is -1.03. The van der Waals surface area contributed by atoms with Gasteiger partial charge in [-0.2, -0.15) is 13.2 Å². The van der Waals surface area contributed by atoms with Crippen molar-refractivity contribution in [3.63, 3.8) is 0 Å². The summed E-state index contributed by atoms with van der Waals surface area (Å²) in [5, 5.41) is 0. The summed E-state index contributed by atoms with van der Waals surface area (Å²) in [4.78, 5) is 0. The van der Waals surface area contributed by atoms with Gasteiger partial charge in [-0.25, -0.2) is 0 Å². The second-order valence-corrected chi connectivity index (χ2v) is 3.64. The SMILES string of the molecule is CCc1cccc(C(CC(F)(F)F)OC)c1. The molecule has 0 radical (unpaired) electrons. The van der Waals surface area contributed by atoms with E-state index in [1.165, 1.54) is 7.11 Å². The van der Waals surface area contributed by atoms with Crippen LogP contribution in [0.3, 0.4) is 0 Å². The lowest BCUT2D eigenvalue weighted by molar-refractivity contribution is -0.158. The topological polar surface area (TPSA) is 9.23 Å². The molecule has 0 amide bonds. The molecule has 0 heterocycles. The Bertz CT molecular complexity index is 333. The lowest BCUT2D eigenvalue weighted by Crippen LogP contribution is -2.15. The molecule has 1 unspecified atom stereocenters. The second kappa shape index (κ2) is 5.34. The monoisotopic (exact) mass is 232 g/mol. The molecule has 0 aliphatic rings. The van der Waals surface area contributed by atoms with Crippen LogP contribution in [0.15, 0.2) is 24.3 Å². The lowest BCUT2D eigenvalue weighted by Gasteiger charge is -2.18. The van der Waals surface area contributed by atoms with E-state index < -0.39 is 18.7 Å². The largest absolute Gasteiger partial charge is 0.391 e. The fourth-order valence-electron chi connectivity index (χ4n) is 1.56. The van der Waals surface area contributed by atoms with Gasteiger partial charge in [-0.3, -0.25) is 0 Å². The van der Waals surface area contributed by atoms with Crippen LogP contribution in [0.25, 0.3) is 0 Å². The van der Waals surface area contributed by atoms with Gasteiger partial charge < -0.3 is 4.74 Å². The molecular weight excluding hydrogens is 217 g/mol. The minimum Gasteiger partial charge on any atom is -0.376 e. The Morgan fingerprint density at radius 2 is 2.00 bits per heavy atom. The lowest BCUT2D eigenvalue weighted by atomic mass is 10.0. The highest BCUT2D eigenvalue weighted by atomic mass is 19.4. The van der Waals surface area contributed by atoms with Gasteiger partial charge >= 0.3 is 6.18 Å². The van der Waals surface area contributed by atoms with Crippen LogP contribution in [-0.4, -0.2) is 13.3 Å². The minimum absolute atomic E-state index is 0.583. The molecule has 1 rings (SSSR count). The van der Waals surface area contributed by atoms with Crippen molar-refractivity contribution in [3.05, 3.63) is 35.4 Å². The fraction of sp³-hybridized carbons (Fsp3) is 0.500. The molecule has 16 heavy (non-hydrogen) atoms. The zero-order valence-electron chi connectivity index (χ0n) is 9.34. The Labute approximate surface area is 93.2 Å². The van der Waals surface area contributed by atoms with Gasteiger partial charge in [-0.05, 0) is 17.5 Å². The maximum Gasteiger partial charge on any atom is 0.391 e. The van der Waals surface area contributed by atoms with Crippen LogP contribution >= 0.6 is 0 Å². The van der Waals surface area contributed by atoms with Crippen molar-refractivity contribution in [2.45, 2.75) is 32.0 Å². The van der Waals surface area contributed by atoms with E-state index >= 15 is 0 Å². The highest BCUT2D eigenvalue weighted by molar-refractivity contribution is 5.25. The number of ether oxygens (including phenoxy) is 1. The predicted molar refractivity (Wildman–Crippen MR) is 56.2 cm³/mol. The maximum absolute atomic E-state index is 12.3. The Morgan fingerprint density at radius 1 is 1.31 bits per heavy atom. The van der Waals surface area contributed by atoms with Crippen molar-refractivity contribution >= 4 is 0 Å². The molecule has 1 nitrogen and oxygen atoms in total. The van der Waals surface area contributed by atoms with Crippen molar-refractivity contribution < 1.29 is 17.9 Å². The van der Waals surface area contributed by atoms with E-state index in [1.54, 1.807) is 18.2 Å². The number of methoxy groups -OCH3 is 1. The normalized spacial score (nSPS) is 13.8. The van der Waals surface area contributed by atoms with Gasteiger partial charge in [-0.15, -0.1) is 0 Å². The van der Waals surface area contributed by atoms with Crippen molar-refractivity contribution in [2.75, 3.05) is 7.11 Å². The standard InChI is InChI=1S/C12H15F3O/c1-3-9-5-4-6-10(7-9)11(16-2)8-12(13,14)15/h4-7,11H,3,8H2,1-2H3. The van der Waals surface area contributed by atoms with Gasteiger partial charge in [0, 0.05) is 7.11 Å². The van der Waals surface area contributed by atoms with Crippen molar-refractivity contribution in [1.82, 2.24) is 0 Å². The number of hydrogen-bond donors (Lipinski definition) is 0. The fourth-order valence-corrected chi connectivity index (χ4v) is 1.56. The van der Waals surface area contributed by atoms with E-state index in [0.717, 1.165) is 12.0 Å². The second-order valence-electron chi connectivity index (χ2n) is 3.64. The number of benzene rings is 1. The highest BCUT2D eigenvalue weighted by Crippen LogP contribution is 2.31. The van der Waals surface area contributed by atoms with Crippen molar-refractivity contribution in [3.8, 4) is 0 Å². The molecule has 0 aliphatic carbocycles. The minimum atomic E-state index is -4.21. The summed E-state index contributed by atoms with van der Waals surface area (Å²) in [5.41, 5.74) is 1.60. The van der Waals surface area contributed by atoms with Crippen LogP contribution in [0.1, 0.15) is 30.6 Å². The highest BCUT2D eigenvalue weighted by Gasteiger charge is 2.32. The molecule has 1 aromatic rings. The number of hydrogen-bond acceptors (Lipinski definition) is 1. The van der Waals surface area contributed by atoms with E-state index in [1.807, 2.05) is 13.0 Å². The zero-order valence-corrected chi connectivity index (χ0v) is 9.34. The molecule has 0 saturated heterocycles. The van der Waals surface area contributed by atoms with Crippen LogP contribution in [0, 0.1) is 0 Å². The smallest absolute Gasteiger partial charge is 0.376 e. The Balaban J connectivity index is 2.86. The summed E-state index contributed by atoms with van der Waals surface area (Å²) in [6.45, 7) is 1.96. The third-order valence-corrected chi connectivity index (χ3v) is 2.43. The summed E-state index contributed by atoms with van der Waals surface area (Å²) < 4.78 is 41.7. The number of halogens is 3. The van der Waals surface area contributed by atoms with Gasteiger partial charge in [0.1, 0.15) is 0 Å². The molecule has 4 heteroatoms. The van der Waals surface area contributed by atoms with E-state index in [4.69, 9.17) is 4.74 Å². The van der Waals surface area contributed by atoms with Gasteiger partial charge in [0.15, 0.2) is 0 Å². The first-order chi connectivity index (χ1) is 7.46. The summed E-state index contributed by atoms with van der Waals surface area (Å²) in [6, 6.07) is 7.08. The third kappa shape index (κ3) is 3.85. The first kappa shape index (κ1) is 13.0. The van der Waals surface area contributed by atoms with Crippen molar-refractivity contribution in [2.24, 2.45) is 0 Å². The third-order valence-electron chi connectivity index (χ3n) is 2.43. The van der Waals surface area contributed by atoms with Crippen LogP contribution in [-0.2, 0) is 11.2 Å². The molecule has 0 saturated carbocycles. The molecular formula is C12H15F3O. The van der Waals surface area contributed by atoms with E-state index in [-0.39, 0.29) is 0 Å². The average molecular weight is 232 g/mol. The van der Waals surface area contributed by atoms with Crippen LogP contribution < -0.4 is 0 Å². The molecule has 0 aliphatic heterocycles. The molecule has 0 bridgehead atoms. The zero-order chi connectivity index (χ0) is 12.2. The molecule has 0 spiro atoms. The van der Waals surface area contributed by atoms with Gasteiger partial charge in [0.05, 0.1) is 12.5 Å². The number of alkyl halides is 3. The summed E-state index contributed by atoms with van der Waals surface area (Å²) in [5.74, 6) is 0. The van der Waals surface area contributed by atoms with Crippen molar-refractivity contribution in [1.29, 1.82) is 0 Å². The number of aryl methyl sites for hydroxylation is 1. The number of rotatable bonds is 4. The molecule has 0 aromatic heterocycles. The van der Waals surface area contributed by atoms with Crippen LogP contribution in [0.5, 0.6) is 0 Å². The van der Waals surface area contributed by atoms with E-state index in [9.17, 15) is 13.2 Å². The molecule has 1 aromatic carbocycles. The first-order valence-electron chi connectivity index (χ1n) is 5.14. The van der Waals surface area contributed by atoms with Gasteiger partial charge in [0.25, 0.3) is 0 Å². The molecule has 0 fully saturated rings. The molecule has 0 N–H and O–H groups in total. The Morgan fingerprint density at radius 3 is 2.50 bits per heavy atom. The first-order valence-corrected chi connectivity index (χ1v) is 5.14. The summed E-state index contributed by atoms with van der Waals surface area (Å²) in [7, 11) is 1.30. The van der Waals surface area contributed by atoms with Gasteiger partial charge in [-0.1, -0.05) is 31.2 Å². The van der Waals surface area contributed by atoms with E-state index in [0.29, 0.717) is 5.56 Å². The van der Waals surface area contributed by atoms with E-state index in [2.05, 4.69) is 0 Å². The van der Waals surface area contributed by atoms with Crippen LogP contribution in [0.2, 0.25) is 0 Å². The summed E-state index contributed by atoms with van der Waals surface area (Å²) >= 11 is 0. The van der Waals surface area contributed by atoms with Gasteiger partial charge in [0.2, 0.25) is 0 Å². The Kier molecular flexibility index (Phi) is 4.35. The van der Waals surface area contributed by atoms with Crippen LogP contribution in [0.4, 0.5) is 13.2 Å². The quantitative estimate of drug-likeness (QED) is 0.765. The summed E-state index contributed by atoms with van der Waals surface area (Å²) in [6.07, 6.45) is -5.26. The molecule has 90 valence electrons. The maximum atomic E-state index is 12.3. The average Bonchev–Trinajstić information content (AvgIpc) is 2.25. The predicted octanol–water partition coefficient (Wildman–Crippen LogP) is 3.89.